The van der Waals surface area contributed by atoms with Gasteiger partial charge in [-0.05, 0) is 37.3 Å². The van der Waals surface area contributed by atoms with Gasteiger partial charge in [-0.15, -0.1) is 0 Å². The minimum atomic E-state index is -0.109. The van der Waals surface area contributed by atoms with Gasteiger partial charge < -0.3 is 19.5 Å². The Morgan fingerprint density at radius 1 is 1.32 bits per heavy atom. The number of ether oxygens (including phenoxy) is 3. The Kier molecular flexibility index (Phi) is 7.19. The van der Waals surface area contributed by atoms with Crippen LogP contribution in [0.15, 0.2) is 24.3 Å². The molecule has 0 radical (unpaired) electrons. The fourth-order valence-electron chi connectivity index (χ4n) is 2.47. The summed E-state index contributed by atoms with van der Waals surface area (Å²) in [6.07, 6.45) is 2.99. The first-order valence-electron chi connectivity index (χ1n) is 7.88. The van der Waals surface area contributed by atoms with Gasteiger partial charge in [0, 0.05) is 33.0 Å². The number of carbonyl (C=O) groups is 1. The Balaban J connectivity index is 1.59. The number of hydrogen-bond acceptors (Lipinski definition) is 4. The average molecular weight is 307 g/mol. The summed E-state index contributed by atoms with van der Waals surface area (Å²) in [5.41, 5.74) is 0.563. The highest BCUT2D eigenvalue weighted by Crippen LogP contribution is 2.17. The molecule has 122 valence electrons. The monoisotopic (exact) mass is 307 g/mol. The number of benzene rings is 1. The van der Waals surface area contributed by atoms with E-state index in [-0.39, 0.29) is 5.91 Å². The zero-order valence-electron chi connectivity index (χ0n) is 13.2. The molecule has 5 nitrogen and oxygen atoms in total. The number of hydrogen-bond donors (Lipinski definition) is 1. The van der Waals surface area contributed by atoms with E-state index in [1.54, 1.807) is 19.2 Å². The molecule has 1 fully saturated rings. The van der Waals surface area contributed by atoms with Crippen LogP contribution in [0.3, 0.4) is 0 Å². The van der Waals surface area contributed by atoms with Crippen molar-refractivity contribution in [2.75, 3.05) is 40.1 Å². The van der Waals surface area contributed by atoms with Crippen LogP contribution in [0.25, 0.3) is 0 Å². The average Bonchev–Trinajstić information content (AvgIpc) is 2.58. The van der Waals surface area contributed by atoms with E-state index < -0.39 is 0 Å². The molecular formula is C17H25NO4. The summed E-state index contributed by atoms with van der Waals surface area (Å²) in [5.74, 6) is 1.11. The second-order valence-electron chi connectivity index (χ2n) is 5.44. The van der Waals surface area contributed by atoms with Gasteiger partial charge in [-0.2, -0.15) is 0 Å². The third-order valence-electron chi connectivity index (χ3n) is 3.80. The van der Waals surface area contributed by atoms with Gasteiger partial charge in [0.25, 0.3) is 5.91 Å². The number of amides is 1. The van der Waals surface area contributed by atoms with Gasteiger partial charge >= 0.3 is 0 Å². The highest BCUT2D eigenvalue weighted by Gasteiger charge is 2.13. The van der Waals surface area contributed by atoms with Gasteiger partial charge in [0.15, 0.2) is 0 Å². The Bertz CT molecular complexity index is 458. The minimum absolute atomic E-state index is 0.109. The molecule has 1 N–H and O–H groups in total. The zero-order valence-corrected chi connectivity index (χ0v) is 13.2. The fraction of sp³-hybridized carbons (Fsp3) is 0.588. The van der Waals surface area contributed by atoms with E-state index >= 15 is 0 Å². The van der Waals surface area contributed by atoms with Crippen molar-refractivity contribution in [1.29, 1.82) is 0 Å². The summed E-state index contributed by atoms with van der Waals surface area (Å²) in [5, 5.41) is 2.89. The van der Waals surface area contributed by atoms with Crippen molar-refractivity contribution in [3.8, 4) is 5.75 Å². The summed E-state index contributed by atoms with van der Waals surface area (Å²) in [7, 11) is 1.57. The summed E-state index contributed by atoms with van der Waals surface area (Å²) in [4.78, 5) is 12.1. The van der Waals surface area contributed by atoms with Gasteiger partial charge in [0.2, 0.25) is 0 Å². The van der Waals surface area contributed by atoms with Crippen molar-refractivity contribution in [3.63, 3.8) is 0 Å². The van der Waals surface area contributed by atoms with Crippen LogP contribution >= 0.6 is 0 Å². The van der Waals surface area contributed by atoms with E-state index in [9.17, 15) is 4.79 Å². The first-order valence-corrected chi connectivity index (χ1v) is 7.88. The number of carbonyl (C=O) groups excluding carboxylic acids is 1. The maximum atomic E-state index is 12.1. The highest BCUT2D eigenvalue weighted by molar-refractivity contribution is 5.96. The van der Waals surface area contributed by atoms with Gasteiger partial charge in [-0.25, -0.2) is 0 Å². The van der Waals surface area contributed by atoms with Crippen molar-refractivity contribution in [3.05, 3.63) is 29.8 Å². The van der Waals surface area contributed by atoms with Crippen LogP contribution < -0.4 is 10.1 Å². The summed E-state index contributed by atoms with van der Waals surface area (Å²) in [6.45, 7) is 3.77. The van der Waals surface area contributed by atoms with E-state index in [2.05, 4.69) is 5.32 Å². The molecule has 0 bridgehead atoms. The van der Waals surface area contributed by atoms with Crippen LogP contribution in [0.1, 0.15) is 29.6 Å². The van der Waals surface area contributed by atoms with E-state index in [0.717, 1.165) is 39.1 Å². The zero-order chi connectivity index (χ0) is 15.6. The lowest BCUT2D eigenvalue weighted by Crippen LogP contribution is -2.26. The van der Waals surface area contributed by atoms with Crippen molar-refractivity contribution >= 4 is 5.91 Å². The van der Waals surface area contributed by atoms with Crippen molar-refractivity contribution in [1.82, 2.24) is 5.32 Å². The molecule has 0 spiro atoms. The molecule has 0 aromatic heterocycles. The predicted molar refractivity (Wildman–Crippen MR) is 84.3 cm³/mol. The molecule has 1 aromatic carbocycles. The van der Waals surface area contributed by atoms with Crippen LogP contribution in [0, 0.1) is 5.92 Å². The third kappa shape index (κ3) is 5.31. The van der Waals surface area contributed by atoms with Crippen molar-refractivity contribution in [2.45, 2.75) is 19.3 Å². The number of rotatable bonds is 8. The standard InChI is InChI=1S/C17H25NO4/c1-20-16-6-3-2-5-15(16)17(19)18-9-4-10-22-13-14-7-11-21-12-8-14/h2-3,5-6,14H,4,7-13H2,1H3,(H,18,19). The molecule has 2 rings (SSSR count). The molecule has 0 unspecified atom stereocenters. The lowest BCUT2D eigenvalue weighted by Gasteiger charge is -2.21. The van der Waals surface area contributed by atoms with Gasteiger partial charge in [0.1, 0.15) is 5.75 Å². The molecule has 1 heterocycles. The second-order valence-corrected chi connectivity index (χ2v) is 5.44. The Morgan fingerprint density at radius 2 is 2.09 bits per heavy atom. The van der Waals surface area contributed by atoms with Gasteiger partial charge in [0.05, 0.1) is 12.7 Å². The number of para-hydroxylation sites is 1. The smallest absolute Gasteiger partial charge is 0.255 e. The van der Waals surface area contributed by atoms with Crippen LogP contribution in [-0.2, 0) is 9.47 Å². The molecule has 0 saturated carbocycles. The molecule has 1 aromatic rings. The summed E-state index contributed by atoms with van der Waals surface area (Å²) >= 11 is 0. The molecule has 1 aliphatic rings. The Morgan fingerprint density at radius 3 is 2.86 bits per heavy atom. The molecule has 5 heteroatoms. The largest absolute Gasteiger partial charge is 0.496 e. The highest BCUT2D eigenvalue weighted by atomic mass is 16.5. The Labute approximate surface area is 131 Å². The topological polar surface area (TPSA) is 56.8 Å². The van der Waals surface area contributed by atoms with Crippen LogP contribution in [-0.4, -0.2) is 46.0 Å². The maximum Gasteiger partial charge on any atom is 0.255 e. The van der Waals surface area contributed by atoms with Crippen molar-refractivity contribution in [2.24, 2.45) is 5.92 Å². The van der Waals surface area contributed by atoms with E-state index in [0.29, 0.717) is 30.4 Å². The molecule has 0 atom stereocenters. The van der Waals surface area contributed by atoms with E-state index in [4.69, 9.17) is 14.2 Å². The Hall–Kier alpha value is -1.59. The van der Waals surface area contributed by atoms with Crippen LogP contribution in [0.2, 0.25) is 0 Å². The maximum absolute atomic E-state index is 12.1. The van der Waals surface area contributed by atoms with Crippen molar-refractivity contribution < 1.29 is 19.0 Å². The quantitative estimate of drug-likeness (QED) is 0.749. The van der Waals surface area contributed by atoms with Crippen LogP contribution in [0.5, 0.6) is 5.75 Å². The number of methoxy groups -OCH3 is 1. The molecule has 1 amide bonds. The third-order valence-corrected chi connectivity index (χ3v) is 3.80. The molecular weight excluding hydrogens is 282 g/mol. The number of nitrogens with one attached hydrogen (secondary N) is 1. The van der Waals surface area contributed by atoms with E-state index in [1.807, 2.05) is 12.1 Å². The van der Waals surface area contributed by atoms with Gasteiger partial charge in [-0.1, -0.05) is 12.1 Å². The lowest BCUT2D eigenvalue weighted by atomic mass is 10.0. The first kappa shape index (κ1) is 16.8. The molecule has 1 saturated heterocycles. The lowest BCUT2D eigenvalue weighted by molar-refractivity contribution is 0.0202. The normalized spacial score (nSPS) is 15.5. The summed E-state index contributed by atoms with van der Waals surface area (Å²) < 4.78 is 16.2. The van der Waals surface area contributed by atoms with Crippen LogP contribution in [0.4, 0.5) is 0 Å². The fourth-order valence-corrected chi connectivity index (χ4v) is 2.47. The summed E-state index contributed by atoms with van der Waals surface area (Å²) in [6, 6.07) is 7.22. The van der Waals surface area contributed by atoms with E-state index in [1.165, 1.54) is 0 Å². The molecule has 1 aliphatic heterocycles. The minimum Gasteiger partial charge on any atom is -0.496 e. The second kappa shape index (κ2) is 9.43. The molecule has 22 heavy (non-hydrogen) atoms. The van der Waals surface area contributed by atoms with Gasteiger partial charge in [-0.3, -0.25) is 4.79 Å². The molecule has 0 aliphatic carbocycles. The first-order chi connectivity index (χ1) is 10.8. The SMILES string of the molecule is COc1ccccc1C(=O)NCCCOCC1CCOCC1. The predicted octanol–water partition coefficient (Wildman–Crippen LogP) is 2.26.